The number of amides is 1. The highest BCUT2D eigenvalue weighted by Crippen LogP contribution is 2.28. The van der Waals surface area contributed by atoms with Crippen molar-refractivity contribution in [1.29, 1.82) is 0 Å². The smallest absolute Gasteiger partial charge is 0.273 e. The van der Waals surface area contributed by atoms with Crippen molar-refractivity contribution in [1.82, 2.24) is 10.3 Å². The maximum absolute atomic E-state index is 12.5. The van der Waals surface area contributed by atoms with Crippen LogP contribution in [0.3, 0.4) is 0 Å². The molecule has 1 aromatic heterocycles. The summed E-state index contributed by atoms with van der Waals surface area (Å²) in [6.07, 6.45) is 2.95. The van der Waals surface area contributed by atoms with Crippen molar-refractivity contribution in [2.45, 2.75) is 19.8 Å². The van der Waals surface area contributed by atoms with Crippen LogP contribution in [-0.4, -0.2) is 31.7 Å². The van der Waals surface area contributed by atoms with Gasteiger partial charge in [0.1, 0.15) is 11.5 Å². The zero-order chi connectivity index (χ0) is 19.9. The largest absolute Gasteiger partial charge is 0.497 e. The molecule has 1 amide bonds. The Labute approximate surface area is 164 Å². The van der Waals surface area contributed by atoms with Gasteiger partial charge in [-0.15, -0.1) is 0 Å². The summed E-state index contributed by atoms with van der Waals surface area (Å²) in [5.41, 5.74) is 3.20. The zero-order valence-corrected chi connectivity index (χ0v) is 16.3. The van der Waals surface area contributed by atoms with E-state index >= 15 is 0 Å². The Morgan fingerprint density at radius 2 is 2.00 bits per heavy atom. The molecule has 0 aliphatic rings. The van der Waals surface area contributed by atoms with Crippen molar-refractivity contribution in [3.8, 4) is 22.8 Å². The molecule has 6 heteroatoms. The van der Waals surface area contributed by atoms with Crippen molar-refractivity contribution < 1.29 is 18.7 Å². The fourth-order valence-electron chi connectivity index (χ4n) is 3.04. The second-order valence-corrected chi connectivity index (χ2v) is 6.43. The quantitative estimate of drug-likeness (QED) is 0.597. The Kier molecular flexibility index (Phi) is 6.32. The number of aryl methyl sites for hydroxylation is 2. The SMILES string of the molecule is COc1cccc(CCCNC(=O)c2ncoc2-c2ccc(OC)c(C)c2)c1. The van der Waals surface area contributed by atoms with Gasteiger partial charge >= 0.3 is 0 Å². The third-order valence-electron chi connectivity index (χ3n) is 4.50. The van der Waals surface area contributed by atoms with Crippen LogP contribution in [0.2, 0.25) is 0 Å². The number of rotatable bonds is 8. The van der Waals surface area contributed by atoms with Crippen LogP contribution >= 0.6 is 0 Å². The van der Waals surface area contributed by atoms with Gasteiger partial charge < -0.3 is 19.2 Å². The second kappa shape index (κ2) is 9.08. The van der Waals surface area contributed by atoms with Crippen LogP contribution in [0.5, 0.6) is 11.5 Å². The predicted molar refractivity (Wildman–Crippen MR) is 107 cm³/mol. The van der Waals surface area contributed by atoms with E-state index in [4.69, 9.17) is 13.9 Å². The lowest BCUT2D eigenvalue weighted by Gasteiger charge is -2.08. The standard InChI is InChI=1S/C22H24N2O4/c1-15-12-17(9-10-19(15)27-3)21-20(24-14-28-21)22(25)23-11-5-7-16-6-4-8-18(13-16)26-2/h4,6,8-10,12-14H,5,7,11H2,1-3H3,(H,23,25). The summed E-state index contributed by atoms with van der Waals surface area (Å²) < 4.78 is 16.0. The van der Waals surface area contributed by atoms with Gasteiger partial charge in [-0.05, 0) is 61.2 Å². The van der Waals surface area contributed by atoms with E-state index in [9.17, 15) is 4.79 Å². The summed E-state index contributed by atoms with van der Waals surface area (Å²) in [4.78, 5) is 16.6. The molecule has 0 aliphatic heterocycles. The van der Waals surface area contributed by atoms with E-state index in [0.29, 0.717) is 12.3 Å². The average Bonchev–Trinajstić information content (AvgIpc) is 3.21. The first-order valence-corrected chi connectivity index (χ1v) is 9.12. The number of benzene rings is 2. The molecule has 3 aromatic rings. The number of carbonyl (C=O) groups is 1. The van der Waals surface area contributed by atoms with Crippen molar-refractivity contribution in [3.05, 3.63) is 65.7 Å². The molecular formula is C22H24N2O4. The van der Waals surface area contributed by atoms with E-state index in [1.54, 1.807) is 14.2 Å². The highest BCUT2D eigenvalue weighted by atomic mass is 16.5. The molecule has 0 atom stereocenters. The van der Waals surface area contributed by atoms with Gasteiger partial charge in [0.2, 0.25) is 0 Å². The van der Waals surface area contributed by atoms with Crippen LogP contribution in [0.15, 0.2) is 53.3 Å². The third-order valence-corrected chi connectivity index (χ3v) is 4.50. The topological polar surface area (TPSA) is 73.6 Å². The number of carbonyl (C=O) groups excluding carboxylic acids is 1. The van der Waals surface area contributed by atoms with E-state index in [0.717, 1.165) is 35.5 Å². The van der Waals surface area contributed by atoms with Gasteiger partial charge in [0.05, 0.1) is 14.2 Å². The maximum atomic E-state index is 12.5. The van der Waals surface area contributed by atoms with Gasteiger partial charge in [-0.1, -0.05) is 12.1 Å². The van der Waals surface area contributed by atoms with Crippen molar-refractivity contribution in [2.24, 2.45) is 0 Å². The minimum absolute atomic E-state index is 0.247. The number of methoxy groups -OCH3 is 2. The number of hydrogen-bond acceptors (Lipinski definition) is 5. The summed E-state index contributed by atoms with van der Waals surface area (Å²) in [6.45, 7) is 2.49. The number of oxazole rings is 1. The van der Waals surface area contributed by atoms with E-state index in [1.807, 2.05) is 49.4 Å². The molecule has 0 radical (unpaired) electrons. The number of nitrogens with zero attached hydrogens (tertiary/aromatic N) is 1. The van der Waals surface area contributed by atoms with Crippen molar-refractivity contribution >= 4 is 5.91 Å². The summed E-state index contributed by atoms with van der Waals surface area (Å²) in [6, 6.07) is 13.5. The Morgan fingerprint density at radius 1 is 1.14 bits per heavy atom. The molecule has 0 spiro atoms. The predicted octanol–water partition coefficient (Wildman–Crippen LogP) is 4.03. The van der Waals surface area contributed by atoms with Crippen LogP contribution < -0.4 is 14.8 Å². The van der Waals surface area contributed by atoms with Crippen LogP contribution in [0.25, 0.3) is 11.3 Å². The number of hydrogen-bond donors (Lipinski definition) is 1. The Balaban J connectivity index is 1.60. The lowest BCUT2D eigenvalue weighted by Crippen LogP contribution is -2.25. The minimum Gasteiger partial charge on any atom is -0.497 e. The van der Waals surface area contributed by atoms with Gasteiger partial charge in [-0.25, -0.2) is 4.98 Å². The van der Waals surface area contributed by atoms with E-state index in [-0.39, 0.29) is 11.6 Å². The summed E-state index contributed by atoms with van der Waals surface area (Å²) >= 11 is 0. The van der Waals surface area contributed by atoms with Crippen LogP contribution in [0, 0.1) is 6.92 Å². The Bertz CT molecular complexity index is 949. The molecule has 2 aromatic carbocycles. The summed E-state index contributed by atoms with van der Waals surface area (Å²) in [7, 11) is 3.28. The molecule has 0 saturated heterocycles. The molecule has 0 bridgehead atoms. The normalized spacial score (nSPS) is 10.5. The molecule has 146 valence electrons. The highest BCUT2D eigenvalue weighted by molar-refractivity contribution is 5.97. The summed E-state index contributed by atoms with van der Waals surface area (Å²) in [5, 5.41) is 2.91. The highest BCUT2D eigenvalue weighted by Gasteiger charge is 2.18. The molecule has 0 aliphatic carbocycles. The average molecular weight is 380 g/mol. The third kappa shape index (κ3) is 4.52. The molecular weight excluding hydrogens is 356 g/mol. The first-order chi connectivity index (χ1) is 13.6. The first kappa shape index (κ1) is 19.5. The molecule has 1 heterocycles. The van der Waals surface area contributed by atoms with Gasteiger partial charge in [0.15, 0.2) is 17.8 Å². The van der Waals surface area contributed by atoms with Crippen LogP contribution in [-0.2, 0) is 6.42 Å². The molecule has 1 N–H and O–H groups in total. The van der Waals surface area contributed by atoms with Crippen LogP contribution in [0.1, 0.15) is 28.0 Å². The molecule has 0 saturated carbocycles. The Hall–Kier alpha value is -3.28. The second-order valence-electron chi connectivity index (χ2n) is 6.43. The van der Waals surface area contributed by atoms with E-state index < -0.39 is 0 Å². The fourth-order valence-corrected chi connectivity index (χ4v) is 3.04. The van der Waals surface area contributed by atoms with E-state index in [1.165, 1.54) is 12.0 Å². The first-order valence-electron chi connectivity index (χ1n) is 9.12. The maximum Gasteiger partial charge on any atom is 0.273 e. The van der Waals surface area contributed by atoms with Gasteiger partial charge in [0.25, 0.3) is 5.91 Å². The zero-order valence-electron chi connectivity index (χ0n) is 16.3. The Morgan fingerprint density at radius 3 is 2.75 bits per heavy atom. The van der Waals surface area contributed by atoms with Crippen molar-refractivity contribution in [2.75, 3.05) is 20.8 Å². The number of nitrogens with one attached hydrogen (secondary N) is 1. The number of ether oxygens (including phenoxy) is 2. The van der Waals surface area contributed by atoms with Gasteiger partial charge in [0, 0.05) is 12.1 Å². The monoisotopic (exact) mass is 380 g/mol. The van der Waals surface area contributed by atoms with Crippen LogP contribution in [0.4, 0.5) is 0 Å². The van der Waals surface area contributed by atoms with Gasteiger partial charge in [-0.2, -0.15) is 0 Å². The van der Waals surface area contributed by atoms with Gasteiger partial charge in [-0.3, -0.25) is 4.79 Å². The van der Waals surface area contributed by atoms with E-state index in [2.05, 4.69) is 10.3 Å². The van der Waals surface area contributed by atoms with Crippen molar-refractivity contribution in [3.63, 3.8) is 0 Å². The lowest BCUT2D eigenvalue weighted by molar-refractivity contribution is 0.0949. The molecule has 3 rings (SSSR count). The molecule has 0 unspecified atom stereocenters. The molecule has 28 heavy (non-hydrogen) atoms. The summed E-state index contributed by atoms with van der Waals surface area (Å²) in [5.74, 6) is 1.83. The number of aromatic nitrogens is 1. The molecule has 0 fully saturated rings. The minimum atomic E-state index is -0.247. The lowest BCUT2D eigenvalue weighted by atomic mass is 10.1. The fraction of sp³-hybridized carbons (Fsp3) is 0.273. The molecule has 6 nitrogen and oxygen atoms in total.